The van der Waals surface area contributed by atoms with Crippen LogP contribution in [0.1, 0.15) is 26.7 Å². The van der Waals surface area contributed by atoms with Gasteiger partial charge in [-0.3, -0.25) is 0 Å². The first-order valence-corrected chi connectivity index (χ1v) is 9.13. The average Bonchev–Trinajstić information content (AvgIpc) is 3.03. The van der Waals surface area contributed by atoms with Crippen LogP contribution in [0, 0.1) is 28.6 Å². The van der Waals surface area contributed by atoms with Crippen molar-refractivity contribution in [1.29, 1.82) is 0 Å². The van der Waals surface area contributed by atoms with Gasteiger partial charge in [-0.05, 0) is 18.3 Å². The van der Waals surface area contributed by atoms with E-state index in [2.05, 4.69) is 6.92 Å². The Morgan fingerprint density at radius 2 is 2.04 bits per heavy atom. The Morgan fingerprint density at radius 1 is 1.28 bits per heavy atom. The van der Waals surface area contributed by atoms with Crippen LogP contribution in [0.5, 0.6) is 0 Å². The molecule has 1 spiro atoms. The van der Waals surface area contributed by atoms with Crippen molar-refractivity contribution in [3.05, 3.63) is 0 Å². The van der Waals surface area contributed by atoms with Gasteiger partial charge in [0, 0.05) is 44.0 Å². The minimum Gasteiger partial charge on any atom is -0.396 e. The van der Waals surface area contributed by atoms with Crippen LogP contribution in [0.15, 0.2) is 0 Å². The van der Waals surface area contributed by atoms with E-state index in [1.165, 1.54) is 0 Å². The van der Waals surface area contributed by atoms with Gasteiger partial charge in [0.1, 0.15) is 12.9 Å². The van der Waals surface area contributed by atoms with Gasteiger partial charge in [0.2, 0.25) is 0 Å². The Bertz CT molecular complexity index is 530. The van der Waals surface area contributed by atoms with Crippen molar-refractivity contribution < 1.29 is 33.9 Å². The highest BCUT2D eigenvalue weighted by Gasteiger charge is 2.81. The van der Waals surface area contributed by atoms with Crippen molar-refractivity contribution in [2.24, 2.45) is 28.6 Å². The van der Waals surface area contributed by atoms with Crippen molar-refractivity contribution in [2.45, 2.75) is 51.0 Å². The molecule has 2 saturated heterocycles. The van der Waals surface area contributed by atoms with Crippen LogP contribution >= 0.6 is 0 Å². The van der Waals surface area contributed by atoms with E-state index in [1.807, 2.05) is 6.92 Å². The molecule has 4 fully saturated rings. The molecular formula is C18H30O7. The van der Waals surface area contributed by atoms with Crippen LogP contribution in [0.3, 0.4) is 0 Å². The highest BCUT2D eigenvalue weighted by Crippen LogP contribution is 2.73. The number of rotatable bonds is 5. The van der Waals surface area contributed by atoms with Crippen LogP contribution < -0.4 is 0 Å². The van der Waals surface area contributed by atoms with E-state index in [9.17, 15) is 10.2 Å². The lowest BCUT2D eigenvalue weighted by molar-refractivity contribution is -0.326. The van der Waals surface area contributed by atoms with Gasteiger partial charge in [-0.1, -0.05) is 13.8 Å². The highest BCUT2D eigenvalue weighted by atomic mass is 16.7. The molecule has 0 radical (unpaired) electrons. The first kappa shape index (κ1) is 18.1. The van der Waals surface area contributed by atoms with Gasteiger partial charge >= 0.3 is 0 Å². The second-order valence-corrected chi connectivity index (χ2v) is 8.59. The third-order valence-corrected chi connectivity index (χ3v) is 7.41. The molecule has 2 aliphatic heterocycles. The van der Waals surface area contributed by atoms with Crippen molar-refractivity contribution in [3.63, 3.8) is 0 Å². The lowest BCUT2D eigenvalue weighted by Crippen LogP contribution is -2.66. The predicted molar refractivity (Wildman–Crippen MR) is 86.3 cm³/mol. The summed E-state index contributed by atoms with van der Waals surface area (Å²) in [5.74, 6) is -1.41. The molecule has 0 aromatic carbocycles. The van der Waals surface area contributed by atoms with Gasteiger partial charge in [-0.15, -0.1) is 0 Å². The van der Waals surface area contributed by atoms with Gasteiger partial charge in [0.15, 0.2) is 12.1 Å². The summed E-state index contributed by atoms with van der Waals surface area (Å²) in [6.07, 6.45) is 0.523. The van der Waals surface area contributed by atoms with E-state index in [-0.39, 0.29) is 49.0 Å². The maximum absolute atomic E-state index is 11.6. The van der Waals surface area contributed by atoms with Crippen LogP contribution in [0.25, 0.3) is 0 Å². The first-order valence-electron chi connectivity index (χ1n) is 9.13. The summed E-state index contributed by atoms with van der Waals surface area (Å²) in [6, 6.07) is 0. The van der Waals surface area contributed by atoms with Crippen LogP contribution in [-0.2, 0) is 23.7 Å². The normalized spacial score (nSPS) is 56.9. The molecule has 7 nitrogen and oxygen atoms in total. The summed E-state index contributed by atoms with van der Waals surface area (Å²) in [4.78, 5) is 0. The molecule has 9 atom stereocenters. The summed E-state index contributed by atoms with van der Waals surface area (Å²) in [5, 5.41) is 21.8. The molecule has 0 unspecified atom stereocenters. The molecule has 4 rings (SSSR count). The van der Waals surface area contributed by atoms with Crippen molar-refractivity contribution in [1.82, 2.24) is 0 Å². The van der Waals surface area contributed by atoms with Crippen LogP contribution in [0.2, 0.25) is 0 Å². The monoisotopic (exact) mass is 358 g/mol. The van der Waals surface area contributed by atoms with E-state index in [0.717, 1.165) is 6.42 Å². The van der Waals surface area contributed by atoms with E-state index in [0.29, 0.717) is 13.0 Å². The van der Waals surface area contributed by atoms with Gasteiger partial charge < -0.3 is 33.9 Å². The molecule has 25 heavy (non-hydrogen) atoms. The zero-order valence-electron chi connectivity index (χ0n) is 15.4. The van der Waals surface area contributed by atoms with E-state index >= 15 is 0 Å². The van der Waals surface area contributed by atoms with E-state index < -0.39 is 17.3 Å². The molecular weight excluding hydrogens is 328 g/mol. The fourth-order valence-electron chi connectivity index (χ4n) is 6.61. The van der Waals surface area contributed by atoms with E-state index in [1.54, 1.807) is 14.2 Å². The molecule has 4 aliphatic rings. The quantitative estimate of drug-likeness (QED) is 0.701. The van der Waals surface area contributed by atoms with Gasteiger partial charge in [-0.25, -0.2) is 0 Å². The average molecular weight is 358 g/mol. The number of hydrogen-bond donors (Lipinski definition) is 2. The third-order valence-electron chi connectivity index (χ3n) is 7.41. The largest absolute Gasteiger partial charge is 0.396 e. The number of ether oxygens (including phenoxy) is 5. The molecule has 0 amide bonds. The minimum absolute atomic E-state index is 0.0271. The summed E-state index contributed by atoms with van der Waals surface area (Å²) < 4.78 is 28.8. The maximum atomic E-state index is 11.6. The Morgan fingerprint density at radius 3 is 2.68 bits per heavy atom. The number of aliphatic hydroxyl groups is 2. The van der Waals surface area contributed by atoms with Gasteiger partial charge in [0.05, 0.1) is 12.7 Å². The van der Waals surface area contributed by atoms with E-state index in [4.69, 9.17) is 23.7 Å². The summed E-state index contributed by atoms with van der Waals surface area (Å²) in [6.45, 7) is 4.61. The highest BCUT2D eigenvalue weighted by molar-refractivity contribution is 5.24. The Balaban J connectivity index is 1.81. The van der Waals surface area contributed by atoms with Crippen molar-refractivity contribution >= 4 is 0 Å². The maximum Gasteiger partial charge on any atom is 0.196 e. The molecule has 144 valence electrons. The summed E-state index contributed by atoms with van der Waals surface area (Å²) in [7, 11) is 3.23. The zero-order chi connectivity index (χ0) is 18.0. The fraction of sp³-hybridized carbons (Fsp3) is 1.00. The van der Waals surface area contributed by atoms with Crippen LogP contribution in [0.4, 0.5) is 0 Å². The first-order chi connectivity index (χ1) is 11.9. The molecule has 2 aliphatic carbocycles. The van der Waals surface area contributed by atoms with Gasteiger partial charge in [-0.2, -0.15) is 0 Å². The molecule has 0 aromatic heterocycles. The van der Waals surface area contributed by atoms with Gasteiger partial charge in [0.25, 0.3) is 0 Å². The lowest BCUT2D eigenvalue weighted by Gasteiger charge is -2.57. The molecule has 0 aromatic rings. The Labute approximate surface area is 148 Å². The minimum atomic E-state index is -1.44. The van der Waals surface area contributed by atoms with Crippen molar-refractivity contribution in [2.75, 3.05) is 34.2 Å². The number of hydrogen-bond acceptors (Lipinski definition) is 7. The van der Waals surface area contributed by atoms with Crippen molar-refractivity contribution in [3.8, 4) is 0 Å². The lowest BCUT2D eigenvalue weighted by atomic mass is 9.51. The second-order valence-electron chi connectivity index (χ2n) is 8.59. The second kappa shape index (κ2) is 5.86. The number of methoxy groups -OCH3 is 2. The Hall–Kier alpha value is -0.280. The molecule has 2 N–H and O–H groups in total. The molecule has 2 bridgehead atoms. The predicted octanol–water partition coefficient (Wildman–Crippen LogP) is 0.726. The third kappa shape index (κ3) is 2.12. The smallest absolute Gasteiger partial charge is 0.196 e. The SMILES string of the molecule is COCO[C@@H]1[C@H](C)[C@@H]2C[C@@H](OC)O[C@@H]3C[C@](C)(CO)[C@H]4[C@@]1(O)OC[C@]324. The summed E-state index contributed by atoms with van der Waals surface area (Å²) in [5.41, 5.74) is -0.806. The standard InChI is InChI=1S/C18H30O7/c1-10-11-5-13(22-4)25-12-6-16(2,7-19)15-17(11,12)8-24-18(15,20)14(10)23-9-21-3/h10-15,19-20H,5-9H2,1-4H3/t10-,11+,12-,13+,14-,15-,16-,17-,18+/m1/s1. The number of aliphatic hydroxyl groups excluding tert-OH is 1. The van der Waals surface area contributed by atoms with Crippen LogP contribution in [-0.4, -0.2) is 68.7 Å². The molecule has 2 heterocycles. The molecule has 7 heteroatoms. The fourth-order valence-corrected chi connectivity index (χ4v) is 6.61. The zero-order valence-corrected chi connectivity index (χ0v) is 15.4. The Kier molecular flexibility index (Phi) is 4.24. The summed E-state index contributed by atoms with van der Waals surface area (Å²) >= 11 is 0. The molecule has 2 saturated carbocycles. The topological polar surface area (TPSA) is 86.6 Å².